The first kappa shape index (κ1) is 12.7. The van der Waals surface area contributed by atoms with Gasteiger partial charge in [-0.1, -0.05) is 84.9 Å². The van der Waals surface area contributed by atoms with E-state index in [1.165, 1.54) is 16.7 Å². The second-order valence-corrected chi connectivity index (χ2v) is 5.00. The summed E-state index contributed by atoms with van der Waals surface area (Å²) in [7, 11) is 0. The fourth-order valence-electron chi connectivity index (χ4n) is 2.58. The second-order valence-electron chi connectivity index (χ2n) is 5.00. The van der Waals surface area contributed by atoms with Crippen molar-refractivity contribution in [2.24, 2.45) is 0 Å². The SMILES string of the molecule is [CH2]c1ccc(C(c2ccccc2)c2ccccc2)cc1. The van der Waals surface area contributed by atoms with Gasteiger partial charge < -0.3 is 0 Å². The van der Waals surface area contributed by atoms with Gasteiger partial charge >= 0.3 is 0 Å². The predicted molar refractivity (Wildman–Crippen MR) is 84.7 cm³/mol. The fraction of sp³-hybridized carbons (Fsp3) is 0.0500. The Kier molecular flexibility index (Phi) is 3.64. The molecule has 0 unspecified atom stereocenters. The molecule has 0 nitrogen and oxygen atoms in total. The van der Waals surface area contributed by atoms with Gasteiger partial charge in [-0.2, -0.15) is 0 Å². The monoisotopic (exact) mass is 257 g/mol. The molecule has 0 aliphatic rings. The Labute approximate surface area is 120 Å². The van der Waals surface area contributed by atoms with E-state index in [9.17, 15) is 0 Å². The molecular formula is C20H17. The Morgan fingerprint density at radius 2 is 0.900 bits per heavy atom. The van der Waals surface area contributed by atoms with E-state index >= 15 is 0 Å². The maximum absolute atomic E-state index is 3.97. The number of hydrogen-bond donors (Lipinski definition) is 0. The highest BCUT2D eigenvalue weighted by Crippen LogP contribution is 2.31. The lowest BCUT2D eigenvalue weighted by Crippen LogP contribution is -2.03. The van der Waals surface area contributed by atoms with Crippen molar-refractivity contribution in [2.75, 3.05) is 0 Å². The molecule has 0 aliphatic carbocycles. The molecular weight excluding hydrogens is 240 g/mol. The van der Waals surface area contributed by atoms with Crippen LogP contribution in [-0.2, 0) is 0 Å². The molecule has 0 saturated heterocycles. The maximum atomic E-state index is 3.97. The molecule has 0 spiro atoms. The van der Waals surface area contributed by atoms with Gasteiger partial charge in [0.2, 0.25) is 0 Å². The van der Waals surface area contributed by atoms with Crippen molar-refractivity contribution in [1.29, 1.82) is 0 Å². The molecule has 0 amide bonds. The Morgan fingerprint density at radius 1 is 0.500 bits per heavy atom. The molecule has 0 heteroatoms. The minimum absolute atomic E-state index is 0.276. The molecule has 3 rings (SSSR count). The lowest BCUT2D eigenvalue weighted by molar-refractivity contribution is 0.977. The van der Waals surface area contributed by atoms with Gasteiger partial charge in [0.1, 0.15) is 0 Å². The zero-order valence-corrected chi connectivity index (χ0v) is 11.4. The third-order valence-corrected chi connectivity index (χ3v) is 3.58. The van der Waals surface area contributed by atoms with E-state index in [-0.39, 0.29) is 5.92 Å². The van der Waals surface area contributed by atoms with Gasteiger partial charge in [-0.15, -0.1) is 0 Å². The van der Waals surface area contributed by atoms with E-state index in [1.807, 2.05) is 0 Å². The van der Waals surface area contributed by atoms with E-state index in [4.69, 9.17) is 0 Å². The van der Waals surface area contributed by atoms with Crippen molar-refractivity contribution in [3.8, 4) is 0 Å². The molecule has 0 heterocycles. The Bertz CT molecular complexity index is 612. The minimum Gasteiger partial charge on any atom is -0.0622 e. The molecule has 0 aromatic heterocycles. The summed E-state index contributed by atoms with van der Waals surface area (Å²) in [5, 5.41) is 0. The van der Waals surface area contributed by atoms with Gasteiger partial charge in [0, 0.05) is 5.92 Å². The third-order valence-electron chi connectivity index (χ3n) is 3.58. The van der Waals surface area contributed by atoms with Crippen LogP contribution in [0.1, 0.15) is 28.2 Å². The smallest absolute Gasteiger partial charge is 0.0339 e. The summed E-state index contributed by atoms with van der Waals surface area (Å²) in [6.07, 6.45) is 0. The summed E-state index contributed by atoms with van der Waals surface area (Å²) in [6, 6.07) is 29.8. The van der Waals surface area contributed by atoms with Crippen LogP contribution in [0.15, 0.2) is 84.9 Å². The standard InChI is InChI=1S/C20H17/c1-16-12-14-19(15-13-16)20(17-8-4-2-5-9-17)18-10-6-3-7-11-18/h2-15,20H,1H2. The summed E-state index contributed by atoms with van der Waals surface area (Å²) in [5.41, 5.74) is 4.98. The molecule has 0 saturated carbocycles. The zero-order valence-electron chi connectivity index (χ0n) is 11.4. The topological polar surface area (TPSA) is 0 Å². The van der Waals surface area contributed by atoms with Gasteiger partial charge in [0.25, 0.3) is 0 Å². The highest BCUT2D eigenvalue weighted by Gasteiger charge is 2.15. The van der Waals surface area contributed by atoms with Crippen molar-refractivity contribution in [3.63, 3.8) is 0 Å². The highest BCUT2D eigenvalue weighted by atomic mass is 14.2. The predicted octanol–water partition coefficient (Wildman–Crippen LogP) is 5.05. The van der Waals surface area contributed by atoms with Crippen LogP contribution < -0.4 is 0 Å². The average molecular weight is 257 g/mol. The first-order chi connectivity index (χ1) is 9.84. The minimum atomic E-state index is 0.276. The van der Waals surface area contributed by atoms with Gasteiger partial charge in [-0.3, -0.25) is 0 Å². The summed E-state index contributed by atoms with van der Waals surface area (Å²) in [4.78, 5) is 0. The van der Waals surface area contributed by atoms with E-state index in [0.29, 0.717) is 0 Å². The Hall–Kier alpha value is -2.34. The van der Waals surface area contributed by atoms with Crippen LogP contribution in [0.3, 0.4) is 0 Å². The van der Waals surface area contributed by atoms with Crippen LogP contribution in [0.5, 0.6) is 0 Å². The van der Waals surface area contributed by atoms with Crippen LogP contribution in [0.2, 0.25) is 0 Å². The molecule has 0 aliphatic heterocycles. The molecule has 3 aromatic carbocycles. The molecule has 0 N–H and O–H groups in total. The van der Waals surface area contributed by atoms with E-state index < -0.39 is 0 Å². The molecule has 1 radical (unpaired) electrons. The largest absolute Gasteiger partial charge is 0.0622 e. The van der Waals surface area contributed by atoms with Crippen molar-refractivity contribution in [1.82, 2.24) is 0 Å². The summed E-state index contributed by atoms with van der Waals surface area (Å²) < 4.78 is 0. The first-order valence-electron chi connectivity index (χ1n) is 6.86. The van der Waals surface area contributed by atoms with Crippen LogP contribution >= 0.6 is 0 Å². The lowest BCUT2D eigenvalue weighted by atomic mass is 9.85. The summed E-state index contributed by atoms with van der Waals surface area (Å²) in [6.45, 7) is 3.97. The normalized spacial score (nSPS) is 10.7. The van der Waals surface area contributed by atoms with Crippen molar-refractivity contribution >= 4 is 0 Å². The molecule has 20 heavy (non-hydrogen) atoms. The fourth-order valence-corrected chi connectivity index (χ4v) is 2.58. The van der Waals surface area contributed by atoms with Gasteiger partial charge in [0.15, 0.2) is 0 Å². The van der Waals surface area contributed by atoms with Gasteiger partial charge in [-0.05, 0) is 29.2 Å². The van der Waals surface area contributed by atoms with Gasteiger partial charge in [0.05, 0.1) is 0 Å². The van der Waals surface area contributed by atoms with E-state index in [0.717, 1.165) is 5.56 Å². The van der Waals surface area contributed by atoms with Crippen LogP contribution in [0.4, 0.5) is 0 Å². The van der Waals surface area contributed by atoms with Crippen LogP contribution in [-0.4, -0.2) is 0 Å². The summed E-state index contributed by atoms with van der Waals surface area (Å²) in [5.74, 6) is 0.276. The van der Waals surface area contributed by atoms with Crippen LogP contribution in [0.25, 0.3) is 0 Å². The quantitative estimate of drug-likeness (QED) is 0.576. The first-order valence-corrected chi connectivity index (χ1v) is 6.86. The van der Waals surface area contributed by atoms with E-state index in [2.05, 4.69) is 91.9 Å². The number of hydrogen-bond acceptors (Lipinski definition) is 0. The lowest BCUT2D eigenvalue weighted by Gasteiger charge is -2.19. The van der Waals surface area contributed by atoms with Crippen molar-refractivity contribution in [3.05, 3.63) is 114 Å². The average Bonchev–Trinajstić information content (AvgIpc) is 2.52. The molecule has 0 fully saturated rings. The number of benzene rings is 3. The van der Waals surface area contributed by atoms with Crippen LogP contribution in [0, 0.1) is 6.92 Å². The molecule has 3 aromatic rings. The molecule has 0 bridgehead atoms. The Morgan fingerprint density at radius 3 is 1.35 bits per heavy atom. The zero-order chi connectivity index (χ0) is 13.8. The molecule has 0 atom stereocenters. The highest BCUT2D eigenvalue weighted by molar-refractivity contribution is 5.43. The van der Waals surface area contributed by atoms with Crippen molar-refractivity contribution in [2.45, 2.75) is 5.92 Å². The third kappa shape index (κ3) is 2.65. The van der Waals surface area contributed by atoms with Gasteiger partial charge in [-0.25, -0.2) is 0 Å². The maximum Gasteiger partial charge on any atom is 0.0339 e. The van der Waals surface area contributed by atoms with E-state index in [1.54, 1.807) is 0 Å². The second kappa shape index (κ2) is 5.75. The van der Waals surface area contributed by atoms with Crippen molar-refractivity contribution < 1.29 is 0 Å². The number of rotatable bonds is 3. The molecule has 97 valence electrons. The summed E-state index contributed by atoms with van der Waals surface area (Å²) >= 11 is 0. The Balaban J connectivity index is 2.11.